The summed E-state index contributed by atoms with van der Waals surface area (Å²) < 4.78 is 0. The Morgan fingerprint density at radius 2 is 1.86 bits per heavy atom. The summed E-state index contributed by atoms with van der Waals surface area (Å²) in [7, 11) is 0. The molecule has 0 unspecified atom stereocenters. The molecule has 6 N–H and O–H groups in total. The predicted octanol–water partition coefficient (Wildman–Crippen LogP) is 3.55. The van der Waals surface area contributed by atoms with Crippen LogP contribution in [0.3, 0.4) is 0 Å². The quantitative estimate of drug-likeness (QED) is 0.204. The third kappa shape index (κ3) is 6.89. The lowest BCUT2D eigenvalue weighted by Crippen LogP contribution is -2.24. The monoisotopic (exact) mass is 480 g/mol. The number of hydrogen-bond donors (Lipinski definition) is 5. The maximum Gasteiger partial charge on any atom is 0.324 e. The van der Waals surface area contributed by atoms with Gasteiger partial charge in [0.2, 0.25) is 5.95 Å². The maximum absolute atomic E-state index is 12.4. The second kappa shape index (κ2) is 12.1. The zero-order chi connectivity index (χ0) is 24.5. The number of anilines is 3. The van der Waals surface area contributed by atoms with Crippen molar-refractivity contribution >= 4 is 40.5 Å². The summed E-state index contributed by atoms with van der Waals surface area (Å²) in [5, 5.41) is 9.66. The van der Waals surface area contributed by atoms with Gasteiger partial charge in [-0.1, -0.05) is 25.7 Å². The van der Waals surface area contributed by atoms with Crippen LogP contribution >= 0.6 is 0 Å². The molecular formula is C24H32N8O3. The van der Waals surface area contributed by atoms with Crippen LogP contribution in [0.2, 0.25) is 0 Å². The molecule has 1 saturated carbocycles. The number of amides is 1. The fourth-order valence-electron chi connectivity index (χ4n) is 4.20. The number of nitrogens with two attached hydrogens (primary N) is 1. The number of aromatic amines is 1. The van der Waals surface area contributed by atoms with E-state index >= 15 is 0 Å². The number of rotatable bonds is 11. The number of carbonyl (C=O) groups is 2. The van der Waals surface area contributed by atoms with Crippen LogP contribution in [-0.4, -0.2) is 44.4 Å². The first-order valence-corrected chi connectivity index (χ1v) is 12.1. The molecule has 0 aliphatic heterocycles. The zero-order valence-corrected chi connectivity index (χ0v) is 19.7. The number of nitrogens with one attached hydrogen (secondary N) is 4. The van der Waals surface area contributed by atoms with E-state index in [9.17, 15) is 9.59 Å². The van der Waals surface area contributed by atoms with E-state index in [1.54, 1.807) is 18.5 Å². The van der Waals surface area contributed by atoms with Crippen LogP contribution in [-0.2, 0) is 9.63 Å². The highest BCUT2D eigenvalue weighted by atomic mass is 16.7. The number of fused-ring (bicyclic) bond motifs is 1. The van der Waals surface area contributed by atoms with Gasteiger partial charge in [-0.3, -0.25) is 9.59 Å². The highest BCUT2D eigenvalue weighted by Crippen LogP contribution is 2.26. The van der Waals surface area contributed by atoms with Crippen molar-refractivity contribution < 1.29 is 14.4 Å². The molecule has 0 bridgehead atoms. The third-order valence-electron chi connectivity index (χ3n) is 6.11. The summed E-state index contributed by atoms with van der Waals surface area (Å²) >= 11 is 0. The topological polar surface area (TPSA) is 160 Å². The van der Waals surface area contributed by atoms with Gasteiger partial charge in [-0.05, 0) is 49.9 Å². The van der Waals surface area contributed by atoms with E-state index < -0.39 is 5.97 Å². The highest BCUT2D eigenvalue weighted by molar-refractivity contribution is 5.94. The van der Waals surface area contributed by atoms with Crippen molar-refractivity contribution in [1.82, 2.24) is 25.3 Å². The molecule has 1 fully saturated rings. The van der Waals surface area contributed by atoms with Crippen molar-refractivity contribution in [2.24, 2.45) is 5.90 Å². The van der Waals surface area contributed by atoms with Gasteiger partial charge in [0.25, 0.3) is 5.91 Å². The summed E-state index contributed by atoms with van der Waals surface area (Å²) in [6.07, 6.45) is 10.2. The van der Waals surface area contributed by atoms with E-state index in [2.05, 4.69) is 40.7 Å². The van der Waals surface area contributed by atoms with Crippen LogP contribution < -0.4 is 21.8 Å². The Balaban J connectivity index is 1.31. The van der Waals surface area contributed by atoms with Gasteiger partial charge < -0.3 is 25.8 Å². The van der Waals surface area contributed by atoms with E-state index in [4.69, 9.17) is 5.90 Å². The van der Waals surface area contributed by atoms with E-state index in [0.717, 1.165) is 42.7 Å². The molecule has 1 aliphatic rings. The van der Waals surface area contributed by atoms with E-state index in [-0.39, 0.29) is 12.3 Å². The van der Waals surface area contributed by atoms with Crippen molar-refractivity contribution in [3.05, 3.63) is 36.2 Å². The lowest BCUT2D eigenvalue weighted by atomic mass is 9.95. The second-order valence-corrected chi connectivity index (χ2v) is 8.74. The normalized spacial score (nSPS) is 14.0. The molecule has 186 valence electrons. The fourth-order valence-corrected chi connectivity index (χ4v) is 4.20. The molecule has 0 spiro atoms. The number of carbonyl (C=O) groups excluding carboxylic acids is 2. The van der Waals surface area contributed by atoms with Gasteiger partial charge >= 0.3 is 5.97 Å². The second-order valence-electron chi connectivity index (χ2n) is 8.74. The molecule has 1 aliphatic carbocycles. The van der Waals surface area contributed by atoms with Crippen molar-refractivity contribution in [3.63, 3.8) is 0 Å². The van der Waals surface area contributed by atoms with Gasteiger partial charge in [-0.15, -0.1) is 0 Å². The lowest BCUT2D eigenvalue weighted by molar-refractivity contribution is -0.144. The Labute approximate surface area is 203 Å². The minimum atomic E-state index is -0.422. The van der Waals surface area contributed by atoms with Gasteiger partial charge in [0.1, 0.15) is 5.52 Å². The van der Waals surface area contributed by atoms with Crippen LogP contribution in [0, 0.1) is 0 Å². The minimum Gasteiger partial charge on any atom is -0.373 e. The first-order valence-electron chi connectivity index (χ1n) is 12.1. The number of aromatic nitrogens is 4. The molecular weight excluding hydrogens is 448 g/mol. The van der Waals surface area contributed by atoms with Crippen molar-refractivity contribution in [2.45, 2.75) is 63.8 Å². The average Bonchev–Trinajstić information content (AvgIpc) is 3.36. The first-order chi connectivity index (χ1) is 17.1. The molecule has 2 heterocycles. The molecule has 35 heavy (non-hydrogen) atoms. The molecule has 2 aromatic heterocycles. The first kappa shape index (κ1) is 24.4. The van der Waals surface area contributed by atoms with Crippen molar-refractivity contribution in [3.8, 4) is 0 Å². The Bertz CT molecular complexity index is 1130. The van der Waals surface area contributed by atoms with Crippen molar-refractivity contribution in [2.75, 3.05) is 17.2 Å². The molecule has 1 aromatic carbocycles. The molecule has 0 saturated heterocycles. The van der Waals surface area contributed by atoms with Gasteiger partial charge in [0.05, 0.1) is 6.33 Å². The standard InChI is InChI=1S/C24H32N8O3/c25-35-19(33)9-5-2-6-14-26-23(34)16-10-12-18(13-11-16)30-24-31-21-20(27-15-28-21)22(32-24)29-17-7-3-1-4-8-17/h10-13,15,17H,1-9,14,25H2,(H,26,34)(H3,27,28,29,30,31,32). The number of nitrogens with zero attached hydrogens (tertiary/aromatic N) is 3. The number of benzene rings is 1. The Morgan fingerprint density at radius 1 is 1.06 bits per heavy atom. The molecule has 3 aromatic rings. The molecule has 11 nitrogen and oxygen atoms in total. The van der Waals surface area contributed by atoms with E-state index in [1.807, 2.05) is 12.1 Å². The predicted molar refractivity (Wildman–Crippen MR) is 133 cm³/mol. The van der Waals surface area contributed by atoms with Crippen LogP contribution in [0.5, 0.6) is 0 Å². The Kier molecular flexibility index (Phi) is 8.44. The fraction of sp³-hybridized carbons (Fsp3) is 0.458. The van der Waals surface area contributed by atoms with E-state index in [1.165, 1.54) is 19.3 Å². The number of imidazole rings is 1. The van der Waals surface area contributed by atoms with Crippen LogP contribution in [0.1, 0.15) is 68.1 Å². The summed E-state index contributed by atoms with van der Waals surface area (Å²) in [5.41, 5.74) is 2.72. The minimum absolute atomic E-state index is 0.147. The summed E-state index contributed by atoms with van der Waals surface area (Å²) in [6, 6.07) is 7.55. The zero-order valence-electron chi connectivity index (χ0n) is 19.7. The molecule has 0 atom stereocenters. The maximum atomic E-state index is 12.4. The van der Waals surface area contributed by atoms with Crippen LogP contribution in [0.25, 0.3) is 11.2 Å². The van der Waals surface area contributed by atoms with E-state index in [0.29, 0.717) is 36.2 Å². The van der Waals surface area contributed by atoms with Crippen LogP contribution in [0.15, 0.2) is 30.6 Å². The lowest BCUT2D eigenvalue weighted by Gasteiger charge is -2.23. The molecule has 0 radical (unpaired) electrons. The number of hydrogen-bond acceptors (Lipinski definition) is 9. The summed E-state index contributed by atoms with van der Waals surface area (Å²) in [4.78, 5) is 44.1. The van der Waals surface area contributed by atoms with Gasteiger partial charge in [0.15, 0.2) is 11.5 Å². The highest BCUT2D eigenvalue weighted by Gasteiger charge is 2.17. The van der Waals surface area contributed by atoms with Crippen LogP contribution in [0.4, 0.5) is 17.5 Å². The average molecular weight is 481 g/mol. The summed E-state index contributed by atoms with van der Waals surface area (Å²) in [5.74, 6) is 5.43. The van der Waals surface area contributed by atoms with Gasteiger partial charge in [-0.25, -0.2) is 4.98 Å². The molecule has 11 heteroatoms. The molecule has 4 rings (SSSR count). The summed E-state index contributed by atoms with van der Waals surface area (Å²) in [6.45, 7) is 0.533. The molecule has 1 amide bonds. The number of unbranched alkanes of at least 4 members (excludes halogenated alkanes) is 2. The van der Waals surface area contributed by atoms with Crippen molar-refractivity contribution in [1.29, 1.82) is 0 Å². The van der Waals surface area contributed by atoms with Gasteiger partial charge in [0, 0.05) is 30.3 Å². The Morgan fingerprint density at radius 3 is 2.63 bits per heavy atom. The third-order valence-corrected chi connectivity index (χ3v) is 6.11. The SMILES string of the molecule is NOC(=O)CCCCCNC(=O)c1ccc(Nc2nc(NC3CCCCC3)c3[nH]cnc3n2)cc1. The number of H-pyrrole nitrogens is 1. The Hall–Kier alpha value is -3.73. The smallest absolute Gasteiger partial charge is 0.324 e. The van der Waals surface area contributed by atoms with Gasteiger partial charge in [-0.2, -0.15) is 15.9 Å². The largest absolute Gasteiger partial charge is 0.373 e.